The third-order valence-corrected chi connectivity index (χ3v) is 4.79. The summed E-state index contributed by atoms with van der Waals surface area (Å²) in [6.07, 6.45) is 8.18. The van der Waals surface area contributed by atoms with Crippen molar-refractivity contribution in [3.8, 4) is 0 Å². The second kappa shape index (κ2) is 7.14. The van der Waals surface area contributed by atoms with Gasteiger partial charge in [-0.3, -0.25) is 0 Å². The molecule has 1 N–H and O–H groups in total. The number of carbonyl (C=O) groups is 1. The van der Waals surface area contributed by atoms with Gasteiger partial charge in [-0.2, -0.15) is 0 Å². The minimum atomic E-state index is 0.0879. The van der Waals surface area contributed by atoms with E-state index in [4.69, 9.17) is 0 Å². The van der Waals surface area contributed by atoms with E-state index in [1.807, 2.05) is 11.9 Å². The highest BCUT2D eigenvalue weighted by Gasteiger charge is 2.24. The number of thioether (sulfide) groups is 1. The van der Waals surface area contributed by atoms with Gasteiger partial charge in [0.2, 0.25) is 0 Å². The third kappa shape index (κ3) is 4.41. The highest BCUT2D eigenvalue weighted by molar-refractivity contribution is 7.99. The van der Waals surface area contributed by atoms with E-state index in [-0.39, 0.29) is 11.4 Å². The summed E-state index contributed by atoms with van der Waals surface area (Å²) >= 11 is 1.74. The van der Waals surface area contributed by atoms with Gasteiger partial charge in [-0.1, -0.05) is 33.1 Å². The van der Waals surface area contributed by atoms with Crippen molar-refractivity contribution in [1.29, 1.82) is 0 Å². The van der Waals surface area contributed by atoms with E-state index < -0.39 is 0 Å². The molecule has 17 heavy (non-hydrogen) atoms. The Bertz CT molecular complexity index is 240. The lowest BCUT2D eigenvalue weighted by atomic mass is 9.96. The molecule has 1 fully saturated rings. The average molecular weight is 258 g/mol. The first-order valence-corrected chi connectivity index (χ1v) is 7.91. The first-order chi connectivity index (χ1) is 8.06. The summed E-state index contributed by atoms with van der Waals surface area (Å²) in [4.78, 5) is 14.0. The van der Waals surface area contributed by atoms with Gasteiger partial charge < -0.3 is 10.2 Å². The standard InChI is InChI=1S/C13H26N2OS/c1-10(2)12(17-4)15(3)13(16)14-11-8-6-5-7-9-11/h10-12H,5-9H2,1-4H3,(H,14,16). The molecule has 1 atom stereocenters. The summed E-state index contributed by atoms with van der Waals surface area (Å²) < 4.78 is 0. The molecule has 0 bridgehead atoms. The Kier molecular flexibility index (Phi) is 6.17. The number of carbonyl (C=O) groups excluding carboxylic acids is 1. The smallest absolute Gasteiger partial charge is 0.318 e. The fourth-order valence-corrected chi connectivity index (χ4v) is 3.47. The van der Waals surface area contributed by atoms with Gasteiger partial charge >= 0.3 is 6.03 Å². The maximum atomic E-state index is 12.1. The van der Waals surface area contributed by atoms with E-state index in [0.717, 1.165) is 12.8 Å². The largest absolute Gasteiger partial charge is 0.335 e. The molecule has 0 saturated heterocycles. The van der Waals surface area contributed by atoms with Gasteiger partial charge in [0.25, 0.3) is 0 Å². The molecule has 0 aliphatic heterocycles. The topological polar surface area (TPSA) is 32.3 Å². The van der Waals surface area contributed by atoms with Gasteiger partial charge in [0, 0.05) is 13.1 Å². The van der Waals surface area contributed by atoms with Gasteiger partial charge in [0.15, 0.2) is 0 Å². The molecule has 0 aromatic heterocycles. The molecule has 1 aliphatic rings. The lowest BCUT2D eigenvalue weighted by Gasteiger charge is -2.32. The van der Waals surface area contributed by atoms with Crippen molar-refractivity contribution in [3.05, 3.63) is 0 Å². The number of rotatable bonds is 4. The van der Waals surface area contributed by atoms with E-state index >= 15 is 0 Å². The summed E-state index contributed by atoms with van der Waals surface area (Å²) in [6, 6.07) is 0.485. The van der Waals surface area contributed by atoms with Crippen LogP contribution in [0.2, 0.25) is 0 Å². The zero-order valence-corrected chi connectivity index (χ0v) is 12.3. The second-order valence-corrected chi connectivity index (χ2v) is 6.22. The van der Waals surface area contributed by atoms with Gasteiger partial charge in [-0.15, -0.1) is 11.8 Å². The van der Waals surface area contributed by atoms with Crippen molar-refractivity contribution in [2.45, 2.75) is 57.4 Å². The highest BCUT2D eigenvalue weighted by Crippen LogP contribution is 2.21. The minimum absolute atomic E-state index is 0.0879. The number of nitrogens with one attached hydrogen (secondary N) is 1. The number of amides is 2. The van der Waals surface area contributed by atoms with Crippen LogP contribution < -0.4 is 5.32 Å². The van der Waals surface area contributed by atoms with E-state index in [0.29, 0.717) is 12.0 Å². The molecule has 0 heterocycles. The SMILES string of the molecule is CSC(C(C)C)N(C)C(=O)NC1CCCCC1. The monoisotopic (exact) mass is 258 g/mol. The van der Waals surface area contributed by atoms with Gasteiger partial charge in [0.05, 0.1) is 5.37 Å². The van der Waals surface area contributed by atoms with E-state index in [2.05, 4.69) is 25.4 Å². The quantitative estimate of drug-likeness (QED) is 0.785. The Labute approximate surface area is 110 Å². The molecule has 2 amide bonds. The van der Waals surface area contributed by atoms with Crippen molar-refractivity contribution >= 4 is 17.8 Å². The first-order valence-electron chi connectivity index (χ1n) is 6.62. The lowest BCUT2D eigenvalue weighted by molar-refractivity contribution is 0.189. The molecule has 1 aliphatic carbocycles. The number of nitrogens with zero attached hydrogens (tertiary/aromatic N) is 1. The Balaban J connectivity index is 2.44. The Hall–Kier alpha value is -0.380. The zero-order chi connectivity index (χ0) is 12.8. The Morgan fingerprint density at radius 2 is 1.88 bits per heavy atom. The molecule has 0 aromatic rings. The van der Waals surface area contributed by atoms with Crippen LogP contribution in [0, 0.1) is 5.92 Å². The van der Waals surface area contributed by atoms with Gasteiger partial charge in [-0.05, 0) is 25.0 Å². The first kappa shape index (κ1) is 14.7. The molecule has 1 rings (SSSR count). The maximum Gasteiger partial charge on any atom is 0.318 e. The highest BCUT2D eigenvalue weighted by atomic mass is 32.2. The van der Waals surface area contributed by atoms with Crippen molar-refractivity contribution in [2.24, 2.45) is 5.92 Å². The van der Waals surface area contributed by atoms with Crippen molar-refractivity contribution < 1.29 is 4.79 Å². The van der Waals surface area contributed by atoms with Crippen LogP contribution in [0.25, 0.3) is 0 Å². The molecule has 1 saturated carbocycles. The number of hydrogen-bond acceptors (Lipinski definition) is 2. The van der Waals surface area contributed by atoms with Crippen LogP contribution in [-0.4, -0.2) is 35.7 Å². The molecule has 1 unspecified atom stereocenters. The van der Waals surface area contributed by atoms with Crippen LogP contribution in [0.4, 0.5) is 4.79 Å². The summed E-state index contributed by atoms with van der Waals surface area (Å²) in [5.41, 5.74) is 0. The van der Waals surface area contributed by atoms with Gasteiger partial charge in [-0.25, -0.2) is 4.79 Å². The second-order valence-electron chi connectivity index (χ2n) is 5.27. The van der Waals surface area contributed by atoms with Crippen LogP contribution in [0.3, 0.4) is 0 Å². The molecule has 0 aromatic carbocycles. The predicted molar refractivity (Wildman–Crippen MR) is 75.3 cm³/mol. The fraction of sp³-hybridized carbons (Fsp3) is 0.923. The van der Waals surface area contributed by atoms with Crippen LogP contribution in [0.5, 0.6) is 0 Å². The molecule has 100 valence electrons. The van der Waals surface area contributed by atoms with Gasteiger partial charge in [0.1, 0.15) is 0 Å². The molecular weight excluding hydrogens is 232 g/mol. The summed E-state index contributed by atoms with van der Waals surface area (Å²) in [5, 5.41) is 3.42. The maximum absolute atomic E-state index is 12.1. The molecule has 0 spiro atoms. The van der Waals surface area contributed by atoms with Crippen LogP contribution in [-0.2, 0) is 0 Å². The fourth-order valence-electron chi connectivity index (χ4n) is 2.52. The number of urea groups is 1. The van der Waals surface area contributed by atoms with E-state index in [1.54, 1.807) is 11.8 Å². The minimum Gasteiger partial charge on any atom is -0.335 e. The van der Waals surface area contributed by atoms with Crippen LogP contribution in [0.1, 0.15) is 46.0 Å². The van der Waals surface area contributed by atoms with Crippen molar-refractivity contribution in [3.63, 3.8) is 0 Å². The van der Waals surface area contributed by atoms with E-state index in [1.165, 1.54) is 19.3 Å². The normalized spacial score (nSPS) is 19.1. The van der Waals surface area contributed by atoms with Crippen molar-refractivity contribution in [2.75, 3.05) is 13.3 Å². The average Bonchev–Trinajstić information content (AvgIpc) is 2.30. The lowest BCUT2D eigenvalue weighted by Crippen LogP contribution is -2.48. The Morgan fingerprint density at radius 3 is 2.35 bits per heavy atom. The van der Waals surface area contributed by atoms with Crippen molar-refractivity contribution in [1.82, 2.24) is 10.2 Å². The summed E-state index contributed by atoms with van der Waals surface area (Å²) in [6.45, 7) is 4.32. The predicted octanol–water partition coefficient (Wildman–Crippen LogP) is 3.31. The summed E-state index contributed by atoms with van der Waals surface area (Å²) in [7, 11) is 1.90. The van der Waals surface area contributed by atoms with Crippen LogP contribution in [0.15, 0.2) is 0 Å². The molecule has 0 radical (unpaired) electrons. The Morgan fingerprint density at radius 1 is 1.29 bits per heavy atom. The van der Waals surface area contributed by atoms with Crippen LogP contribution >= 0.6 is 11.8 Å². The summed E-state index contributed by atoms with van der Waals surface area (Å²) in [5.74, 6) is 0.479. The zero-order valence-electron chi connectivity index (χ0n) is 11.5. The van der Waals surface area contributed by atoms with E-state index in [9.17, 15) is 4.79 Å². The molecule has 3 nitrogen and oxygen atoms in total. The third-order valence-electron chi connectivity index (χ3n) is 3.45. The number of hydrogen-bond donors (Lipinski definition) is 1. The molecular formula is C13H26N2OS. The molecule has 4 heteroatoms.